The van der Waals surface area contributed by atoms with Crippen LogP contribution in [0.3, 0.4) is 0 Å². The van der Waals surface area contributed by atoms with Crippen molar-refractivity contribution >= 4 is 15.9 Å². The molecule has 1 aliphatic rings. The van der Waals surface area contributed by atoms with Crippen molar-refractivity contribution in [3.8, 4) is 5.75 Å². The molecule has 0 radical (unpaired) electrons. The fraction of sp³-hybridized carbons (Fsp3) is 0.615. The van der Waals surface area contributed by atoms with Gasteiger partial charge in [0.15, 0.2) is 5.75 Å². The lowest BCUT2D eigenvalue weighted by atomic mass is 9.82. The van der Waals surface area contributed by atoms with Gasteiger partial charge in [0.2, 0.25) is 0 Å². The van der Waals surface area contributed by atoms with Gasteiger partial charge in [0, 0.05) is 6.20 Å². The molecule has 0 aliphatic heterocycles. The molecule has 0 amide bonds. The summed E-state index contributed by atoms with van der Waals surface area (Å²) >= 11 is 3.42. The number of aromatic nitrogens is 1. The van der Waals surface area contributed by atoms with E-state index in [1.54, 1.807) is 6.20 Å². The largest absolute Gasteiger partial charge is 0.488 e. The molecule has 0 aromatic carbocycles. The van der Waals surface area contributed by atoms with Crippen LogP contribution in [0.4, 0.5) is 0 Å². The molecule has 1 aliphatic carbocycles. The second kappa shape index (κ2) is 5.17. The third-order valence-corrected chi connectivity index (χ3v) is 3.75. The highest BCUT2D eigenvalue weighted by atomic mass is 79.9. The number of rotatable bonds is 2. The highest BCUT2D eigenvalue weighted by Gasteiger charge is 2.25. The van der Waals surface area contributed by atoms with E-state index in [2.05, 4.69) is 34.8 Å². The number of hydrogen-bond donors (Lipinski definition) is 0. The molecule has 16 heavy (non-hydrogen) atoms. The number of pyridine rings is 1. The summed E-state index contributed by atoms with van der Waals surface area (Å²) in [5.74, 6) is 2.40. The van der Waals surface area contributed by atoms with Crippen LogP contribution in [0.15, 0.2) is 22.9 Å². The highest BCUT2D eigenvalue weighted by molar-refractivity contribution is 9.10. The predicted octanol–water partition coefficient (Wildman–Crippen LogP) is 4.05. The summed E-state index contributed by atoms with van der Waals surface area (Å²) < 4.78 is 6.82. The smallest absolute Gasteiger partial charge is 0.152 e. The van der Waals surface area contributed by atoms with Crippen molar-refractivity contribution in [2.75, 3.05) is 0 Å². The Morgan fingerprint density at radius 1 is 1.25 bits per heavy atom. The maximum Gasteiger partial charge on any atom is 0.152 e. The fourth-order valence-electron chi connectivity index (χ4n) is 2.61. The van der Waals surface area contributed by atoms with Gasteiger partial charge in [0.1, 0.15) is 4.60 Å². The van der Waals surface area contributed by atoms with Crippen LogP contribution in [0, 0.1) is 11.8 Å². The van der Waals surface area contributed by atoms with E-state index < -0.39 is 0 Å². The molecule has 0 spiro atoms. The van der Waals surface area contributed by atoms with Gasteiger partial charge in [-0.2, -0.15) is 0 Å². The summed E-state index contributed by atoms with van der Waals surface area (Å²) in [6, 6.07) is 3.89. The van der Waals surface area contributed by atoms with E-state index in [-0.39, 0.29) is 0 Å². The average molecular weight is 284 g/mol. The Bertz CT molecular complexity index is 346. The summed E-state index contributed by atoms with van der Waals surface area (Å²) in [5, 5.41) is 0. The minimum atomic E-state index is 0.347. The number of nitrogens with zero attached hydrogens (tertiary/aromatic N) is 1. The van der Waals surface area contributed by atoms with Crippen LogP contribution in [0.5, 0.6) is 5.75 Å². The van der Waals surface area contributed by atoms with Crippen LogP contribution in [-0.4, -0.2) is 11.1 Å². The first-order valence-electron chi connectivity index (χ1n) is 5.92. The van der Waals surface area contributed by atoms with Crippen molar-refractivity contribution in [3.05, 3.63) is 22.9 Å². The van der Waals surface area contributed by atoms with Gasteiger partial charge in [-0.1, -0.05) is 13.8 Å². The molecule has 2 rings (SSSR count). The van der Waals surface area contributed by atoms with Crippen LogP contribution in [0.1, 0.15) is 33.1 Å². The Hall–Kier alpha value is -0.570. The fourth-order valence-corrected chi connectivity index (χ4v) is 2.95. The average Bonchev–Trinajstić information content (AvgIpc) is 2.20. The minimum Gasteiger partial charge on any atom is -0.488 e. The second-order valence-electron chi connectivity index (χ2n) is 4.95. The van der Waals surface area contributed by atoms with Crippen molar-refractivity contribution < 1.29 is 4.74 Å². The summed E-state index contributed by atoms with van der Waals surface area (Å²) in [7, 11) is 0. The van der Waals surface area contributed by atoms with E-state index >= 15 is 0 Å². The molecule has 0 saturated heterocycles. The van der Waals surface area contributed by atoms with Gasteiger partial charge in [-0.15, -0.1) is 0 Å². The lowest BCUT2D eigenvalue weighted by Crippen LogP contribution is -2.28. The molecule has 1 fully saturated rings. The Morgan fingerprint density at radius 3 is 2.56 bits per heavy atom. The van der Waals surface area contributed by atoms with E-state index in [1.807, 2.05) is 12.1 Å². The summed E-state index contributed by atoms with van der Waals surface area (Å²) in [5.41, 5.74) is 0. The van der Waals surface area contributed by atoms with Crippen LogP contribution < -0.4 is 4.74 Å². The van der Waals surface area contributed by atoms with E-state index in [9.17, 15) is 0 Å². The first-order chi connectivity index (χ1) is 7.65. The van der Waals surface area contributed by atoms with E-state index in [4.69, 9.17) is 4.74 Å². The Kier molecular flexibility index (Phi) is 3.85. The maximum atomic E-state index is 6.02. The molecule has 1 heterocycles. The molecule has 1 saturated carbocycles. The highest BCUT2D eigenvalue weighted by Crippen LogP contribution is 2.32. The molecule has 0 bridgehead atoms. The topological polar surface area (TPSA) is 22.1 Å². The van der Waals surface area contributed by atoms with Crippen LogP contribution in [-0.2, 0) is 0 Å². The van der Waals surface area contributed by atoms with Crippen LogP contribution in [0.25, 0.3) is 0 Å². The molecule has 3 heteroatoms. The monoisotopic (exact) mass is 283 g/mol. The van der Waals surface area contributed by atoms with Gasteiger partial charge in [0.25, 0.3) is 0 Å². The van der Waals surface area contributed by atoms with Crippen molar-refractivity contribution in [3.63, 3.8) is 0 Å². The molecule has 88 valence electrons. The van der Waals surface area contributed by atoms with Gasteiger partial charge in [-0.25, -0.2) is 4.98 Å². The quantitative estimate of drug-likeness (QED) is 0.764. The van der Waals surface area contributed by atoms with Gasteiger partial charge in [-0.3, -0.25) is 0 Å². The van der Waals surface area contributed by atoms with Crippen molar-refractivity contribution in [2.24, 2.45) is 11.8 Å². The Morgan fingerprint density at radius 2 is 1.94 bits per heavy atom. The third-order valence-electron chi connectivity index (χ3n) is 3.15. The zero-order chi connectivity index (χ0) is 11.5. The molecule has 2 nitrogen and oxygen atoms in total. The number of halogens is 1. The minimum absolute atomic E-state index is 0.347. The Balaban J connectivity index is 2.02. The maximum absolute atomic E-state index is 6.02. The van der Waals surface area contributed by atoms with Gasteiger partial charge in [0.05, 0.1) is 6.10 Å². The normalized spacial score (nSPS) is 30.1. The molecule has 0 N–H and O–H groups in total. The summed E-state index contributed by atoms with van der Waals surface area (Å²) in [6.45, 7) is 4.62. The van der Waals surface area contributed by atoms with Crippen molar-refractivity contribution in [2.45, 2.75) is 39.2 Å². The van der Waals surface area contributed by atoms with E-state index in [1.165, 1.54) is 6.42 Å². The van der Waals surface area contributed by atoms with E-state index in [0.717, 1.165) is 35.0 Å². The van der Waals surface area contributed by atoms with Gasteiger partial charge >= 0.3 is 0 Å². The summed E-state index contributed by atoms with van der Waals surface area (Å²) in [6.07, 6.45) is 5.76. The molecule has 2 atom stereocenters. The van der Waals surface area contributed by atoms with Gasteiger partial charge in [-0.05, 0) is 59.2 Å². The predicted molar refractivity (Wildman–Crippen MR) is 68.5 cm³/mol. The van der Waals surface area contributed by atoms with Crippen molar-refractivity contribution in [1.29, 1.82) is 0 Å². The first-order valence-corrected chi connectivity index (χ1v) is 6.71. The van der Waals surface area contributed by atoms with Crippen LogP contribution >= 0.6 is 15.9 Å². The lowest BCUT2D eigenvalue weighted by molar-refractivity contribution is 0.0999. The zero-order valence-corrected chi connectivity index (χ0v) is 11.4. The lowest BCUT2D eigenvalue weighted by Gasteiger charge is -2.31. The van der Waals surface area contributed by atoms with Crippen molar-refractivity contribution in [1.82, 2.24) is 4.98 Å². The molecule has 1 aromatic rings. The molecule has 2 unspecified atom stereocenters. The standard InChI is InChI=1S/C13H18BrNO/c1-9-6-10(2)8-11(7-9)16-12-4-3-5-15-13(12)14/h3-5,9-11H,6-8H2,1-2H3. The summed E-state index contributed by atoms with van der Waals surface area (Å²) in [4.78, 5) is 4.17. The number of ether oxygens (including phenoxy) is 1. The number of hydrogen-bond acceptors (Lipinski definition) is 2. The van der Waals surface area contributed by atoms with Crippen LogP contribution in [0.2, 0.25) is 0 Å². The molecular weight excluding hydrogens is 266 g/mol. The van der Waals surface area contributed by atoms with Gasteiger partial charge < -0.3 is 4.74 Å². The zero-order valence-electron chi connectivity index (χ0n) is 9.82. The Labute approximate surface area is 106 Å². The molecular formula is C13H18BrNO. The first kappa shape index (κ1) is 11.9. The SMILES string of the molecule is CC1CC(C)CC(Oc2cccnc2Br)C1. The second-order valence-corrected chi connectivity index (χ2v) is 5.70. The van der Waals surface area contributed by atoms with E-state index in [0.29, 0.717) is 6.10 Å². The molecule has 1 aromatic heterocycles. The third kappa shape index (κ3) is 2.97.